The van der Waals surface area contributed by atoms with Gasteiger partial charge in [0.1, 0.15) is 48.8 Å². The van der Waals surface area contributed by atoms with Crippen molar-refractivity contribution < 1.29 is 54.7 Å². The summed E-state index contributed by atoms with van der Waals surface area (Å²) in [4.78, 5) is 0. The van der Waals surface area contributed by atoms with Gasteiger partial charge >= 0.3 is 0 Å². The zero-order valence-electron chi connectivity index (χ0n) is 19.2. The Labute approximate surface area is 193 Å². The van der Waals surface area contributed by atoms with E-state index >= 15 is 0 Å². The fourth-order valence-corrected chi connectivity index (χ4v) is 3.56. The lowest BCUT2D eigenvalue weighted by Crippen LogP contribution is -2.61. The van der Waals surface area contributed by atoms with Crippen LogP contribution in [-0.4, -0.2) is 117 Å². The van der Waals surface area contributed by atoms with E-state index in [1.54, 1.807) is 0 Å². The SMILES string of the molecule is CC(C)=CCCC(C)=CCOC1OC(COC2OC(CO)C(O)C(O)C2O)C(O)C(O)C1O. The maximum Gasteiger partial charge on any atom is 0.187 e. The second-order valence-electron chi connectivity index (χ2n) is 8.75. The molecule has 2 aliphatic rings. The van der Waals surface area contributed by atoms with Gasteiger partial charge in [0.25, 0.3) is 0 Å². The van der Waals surface area contributed by atoms with E-state index in [1.807, 2.05) is 26.8 Å². The van der Waals surface area contributed by atoms with E-state index in [0.717, 1.165) is 18.4 Å². The van der Waals surface area contributed by atoms with Gasteiger partial charge in [0.15, 0.2) is 12.6 Å². The molecule has 11 nitrogen and oxygen atoms in total. The highest BCUT2D eigenvalue weighted by atomic mass is 16.7. The Balaban J connectivity index is 1.91. The molecule has 2 saturated heterocycles. The van der Waals surface area contributed by atoms with Crippen LogP contribution in [0.1, 0.15) is 33.6 Å². The molecule has 0 spiro atoms. The van der Waals surface area contributed by atoms with Gasteiger partial charge in [0.05, 0.1) is 19.8 Å². The quantitative estimate of drug-likeness (QED) is 0.178. The highest BCUT2D eigenvalue weighted by molar-refractivity contribution is 5.02. The molecule has 7 N–H and O–H groups in total. The molecular formula is C22H38O11. The van der Waals surface area contributed by atoms with Gasteiger partial charge in [-0.15, -0.1) is 0 Å². The summed E-state index contributed by atoms with van der Waals surface area (Å²) in [5, 5.41) is 69.6. The first kappa shape index (κ1) is 28.3. The van der Waals surface area contributed by atoms with E-state index in [1.165, 1.54) is 5.57 Å². The third-order valence-corrected chi connectivity index (χ3v) is 5.73. The monoisotopic (exact) mass is 478 g/mol. The van der Waals surface area contributed by atoms with Gasteiger partial charge in [-0.3, -0.25) is 0 Å². The molecule has 2 aliphatic heterocycles. The number of ether oxygens (including phenoxy) is 4. The van der Waals surface area contributed by atoms with Crippen LogP contribution in [0.5, 0.6) is 0 Å². The standard InChI is InChI=1S/C22H38O11/c1-11(2)5-4-6-12(3)7-8-30-21-19(28)18(27)16(25)14(33-21)10-31-22-20(29)17(26)15(24)13(9-23)32-22/h5,7,13-29H,4,6,8-10H2,1-3H3. The van der Waals surface area contributed by atoms with Crippen molar-refractivity contribution in [3.05, 3.63) is 23.3 Å². The van der Waals surface area contributed by atoms with Crippen LogP contribution in [0.4, 0.5) is 0 Å². The van der Waals surface area contributed by atoms with Crippen LogP contribution in [0.25, 0.3) is 0 Å². The molecule has 0 aromatic heterocycles. The van der Waals surface area contributed by atoms with Crippen LogP contribution in [0, 0.1) is 0 Å². The van der Waals surface area contributed by atoms with Gasteiger partial charge in [-0.2, -0.15) is 0 Å². The van der Waals surface area contributed by atoms with Gasteiger partial charge in [0, 0.05) is 0 Å². The topological polar surface area (TPSA) is 179 Å². The van der Waals surface area contributed by atoms with Gasteiger partial charge in [-0.25, -0.2) is 0 Å². The van der Waals surface area contributed by atoms with Gasteiger partial charge in [-0.05, 0) is 33.6 Å². The van der Waals surface area contributed by atoms with Crippen molar-refractivity contribution in [2.24, 2.45) is 0 Å². The van der Waals surface area contributed by atoms with Crippen LogP contribution >= 0.6 is 0 Å². The zero-order valence-corrected chi connectivity index (χ0v) is 19.2. The molecule has 0 aromatic carbocycles. The number of allylic oxidation sites excluding steroid dienone is 3. The molecule has 0 radical (unpaired) electrons. The Kier molecular flexibility index (Phi) is 11.3. The first-order chi connectivity index (χ1) is 15.6. The largest absolute Gasteiger partial charge is 0.394 e. The summed E-state index contributed by atoms with van der Waals surface area (Å²) in [5.41, 5.74) is 2.32. The first-order valence-electron chi connectivity index (χ1n) is 11.1. The molecule has 0 aromatic rings. The van der Waals surface area contributed by atoms with Gasteiger partial charge in [0.2, 0.25) is 0 Å². The summed E-state index contributed by atoms with van der Waals surface area (Å²) >= 11 is 0. The molecule has 0 aliphatic carbocycles. The van der Waals surface area contributed by atoms with Crippen LogP contribution in [0.15, 0.2) is 23.3 Å². The molecule has 0 bridgehead atoms. The molecule has 10 atom stereocenters. The van der Waals surface area contributed by atoms with Crippen molar-refractivity contribution in [2.75, 3.05) is 19.8 Å². The Morgan fingerprint density at radius 2 is 1.27 bits per heavy atom. The lowest BCUT2D eigenvalue weighted by atomic mass is 9.98. The summed E-state index contributed by atoms with van der Waals surface area (Å²) in [6.45, 7) is 5.12. The van der Waals surface area contributed by atoms with Crippen molar-refractivity contribution in [3.8, 4) is 0 Å². The smallest absolute Gasteiger partial charge is 0.187 e. The highest BCUT2D eigenvalue weighted by Crippen LogP contribution is 2.26. The summed E-state index contributed by atoms with van der Waals surface area (Å²) in [7, 11) is 0. The minimum atomic E-state index is -1.62. The Bertz CT molecular complexity index is 648. The van der Waals surface area contributed by atoms with E-state index in [4.69, 9.17) is 18.9 Å². The maximum atomic E-state index is 10.2. The summed E-state index contributed by atoms with van der Waals surface area (Å²) < 4.78 is 21.7. The normalized spacial score (nSPS) is 40.0. The molecule has 192 valence electrons. The number of rotatable bonds is 10. The van der Waals surface area contributed by atoms with Crippen LogP contribution in [0.3, 0.4) is 0 Å². The van der Waals surface area contributed by atoms with Crippen molar-refractivity contribution >= 4 is 0 Å². The number of aliphatic hydroxyl groups excluding tert-OH is 7. The van der Waals surface area contributed by atoms with Crippen molar-refractivity contribution in [1.82, 2.24) is 0 Å². The van der Waals surface area contributed by atoms with Crippen LogP contribution in [0.2, 0.25) is 0 Å². The van der Waals surface area contributed by atoms with E-state index in [2.05, 4.69) is 6.08 Å². The number of aliphatic hydroxyl groups is 7. The fraction of sp³-hybridized carbons (Fsp3) is 0.818. The average molecular weight is 479 g/mol. The lowest BCUT2D eigenvalue weighted by Gasteiger charge is -2.42. The second kappa shape index (κ2) is 13.2. The highest BCUT2D eigenvalue weighted by Gasteiger charge is 2.47. The third-order valence-electron chi connectivity index (χ3n) is 5.73. The summed E-state index contributed by atoms with van der Waals surface area (Å²) in [5.74, 6) is 0. The van der Waals surface area contributed by atoms with E-state index < -0.39 is 74.6 Å². The lowest BCUT2D eigenvalue weighted by molar-refractivity contribution is -0.330. The van der Waals surface area contributed by atoms with Crippen LogP contribution in [-0.2, 0) is 18.9 Å². The van der Waals surface area contributed by atoms with Crippen LogP contribution < -0.4 is 0 Å². The van der Waals surface area contributed by atoms with Crippen molar-refractivity contribution in [1.29, 1.82) is 0 Å². The third kappa shape index (κ3) is 7.77. The summed E-state index contributed by atoms with van der Waals surface area (Å²) in [6, 6.07) is 0. The molecule has 2 fully saturated rings. The molecule has 0 amide bonds. The predicted octanol–water partition coefficient (Wildman–Crippen LogP) is -1.68. The molecular weight excluding hydrogens is 440 g/mol. The maximum absolute atomic E-state index is 10.2. The minimum absolute atomic E-state index is 0.117. The first-order valence-corrected chi connectivity index (χ1v) is 11.1. The van der Waals surface area contributed by atoms with Gasteiger partial charge < -0.3 is 54.7 Å². The van der Waals surface area contributed by atoms with Crippen molar-refractivity contribution in [3.63, 3.8) is 0 Å². The minimum Gasteiger partial charge on any atom is -0.394 e. The average Bonchev–Trinajstić information content (AvgIpc) is 2.77. The molecule has 10 unspecified atom stereocenters. The molecule has 11 heteroatoms. The van der Waals surface area contributed by atoms with E-state index in [0.29, 0.717) is 0 Å². The fourth-order valence-electron chi connectivity index (χ4n) is 3.56. The molecule has 0 saturated carbocycles. The Morgan fingerprint density at radius 3 is 1.85 bits per heavy atom. The molecule has 2 rings (SSSR count). The number of hydrogen-bond donors (Lipinski definition) is 7. The van der Waals surface area contributed by atoms with Gasteiger partial charge in [-0.1, -0.05) is 23.3 Å². The molecule has 2 heterocycles. The predicted molar refractivity (Wildman–Crippen MR) is 115 cm³/mol. The van der Waals surface area contributed by atoms with E-state index in [9.17, 15) is 35.7 Å². The number of hydrogen-bond acceptors (Lipinski definition) is 11. The Hall–Kier alpha value is -0.960. The molecule has 33 heavy (non-hydrogen) atoms. The Morgan fingerprint density at radius 1 is 0.727 bits per heavy atom. The van der Waals surface area contributed by atoms with E-state index in [-0.39, 0.29) is 6.61 Å². The second-order valence-corrected chi connectivity index (χ2v) is 8.75. The zero-order chi connectivity index (χ0) is 24.7. The van der Waals surface area contributed by atoms with Crippen molar-refractivity contribution in [2.45, 2.75) is 95.0 Å². The summed E-state index contributed by atoms with van der Waals surface area (Å²) in [6.07, 6.45) is -8.62.